The monoisotopic (exact) mass is 551 g/mol. The second kappa shape index (κ2) is 9.99. The van der Waals surface area contributed by atoms with Crippen molar-refractivity contribution in [1.82, 2.24) is 14.2 Å². The molecule has 37 heavy (non-hydrogen) atoms. The highest BCUT2D eigenvalue weighted by Gasteiger charge is 2.47. The highest BCUT2D eigenvalue weighted by atomic mass is 32.2. The second-order valence-corrected chi connectivity index (χ2v) is 12.7. The van der Waals surface area contributed by atoms with Gasteiger partial charge in [0.15, 0.2) is 0 Å². The minimum absolute atomic E-state index is 0.0113. The number of alkyl halides is 3. The van der Waals surface area contributed by atoms with Crippen LogP contribution in [-0.4, -0.2) is 59.2 Å². The van der Waals surface area contributed by atoms with Crippen LogP contribution in [0, 0.1) is 6.92 Å². The summed E-state index contributed by atoms with van der Waals surface area (Å²) in [6.45, 7) is 1.51. The van der Waals surface area contributed by atoms with Crippen molar-refractivity contribution >= 4 is 37.5 Å². The number of halogens is 3. The lowest BCUT2D eigenvalue weighted by molar-refractivity contribution is -0.141. The van der Waals surface area contributed by atoms with Crippen LogP contribution in [0.2, 0.25) is 0 Å². The first-order valence-electron chi connectivity index (χ1n) is 12.3. The summed E-state index contributed by atoms with van der Waals surface area (Å²) < 4.78 is 71.4. The van der Waals surface area contributed by atoms with Crippen LogP contribution in [0.4, 0.5) is 13.2 Å². The van der Waals surface area contributed by atoms with Gasteiger partial charge < -0.3 is 4.90 Å². The van der Waals surface area contributed by atoms with Crippen LogP contribution in [0.5, 0.6) is 0 Å². The Morgan fingerprint density at radius 2 is 1.86 bits per heavy atom. The predicted octanol–water partition coefficient (Wildman–Crippen LogP) is 5.31. The van der Waals surface area contributed by atoms with E-state index < -0.39 is 46.7 Å². The normalized spacial score (nSPS) is 22.9. The fourth-order valence-corrected chi connectivity index (χ4v) is 7.48. The van der Waals surface area contributed by atoms with Gasteiger partial charge in [-0.05, 0) is 49.6 Å². The summed E-state index contributed by atoms with van der Waals surface area (Å²) >= 11 is 1.48. The smallest absolute Gasteiger partial charge is 0.248 e. The van der Waals surface area contributed by atoms with E-state index in [-0.39, 0.29) is 43.5 Å². The van der Waals surface area contributed by atoms with Gasteiger partial charge in [0, 0.05) is 38.4 Å². The van der Waals surface area contributed by atoms with Gasteiger partial charge in [-0.3, -0.25) is 4.79 Å². The van der Waals surface area contributed by atoms with Crippen LogP contribution in [0.25, 0.3) is 10.2 Å². The lowest BCUT2D eigenvalue weighted by atomic mass is 9.90. The summed E-state index contributed by atoms with van der Waals surface area (Å²) in [6.07, 6.45) is -2.29. The van der Waals surface area contributed by atoms with Crippen molar-refractivity contribution in [2.45, 2.75) is 74.6 Å². The third-order valence-corrected chi connectivity index (χ3v) is 9.97. The SMILES string of the molecule is Cc1ccc(S(=O)(=O)N2C[C@@H](F)C[C@H]2C(=O)N(Cc2ccc3scnc3c2)C2CCC(F)(F)CC2)cc1. The number of sulfonamides is 1. The Kier molecular flexibility index (Phi) is 7.06. The third kappa shape index (κ3) is 5.39. The average Bonchev–Trinajstić information content (AvgIpc) is 3.49. The van der Waals surface area contributed by atoms with E-state index in [2.05, 4.69) is 4.98 Å². The highest BCUT2D eigenvalue weighted by molar-refractivity contribution is 7.89. The standard InChI is InChI=1S/C26H28F3N3O3S2/c1-17-2-5-21(6-3-17)37(34,35)32-15-19(27)13-23(32)25(33)31(20-8-10-26(28,29)11-9-20)14-18-4-7-24-22(12-18)30-16-36-24/h2-7,12,16,19-20,23H,8-11,13-15H2,1H3/t19-,23-/m0/s1. The van der Waals surface area contributed by atoms with Crippen molar-refractivity contribution in [3.63, 3.8) is 0 Å². The average molecular weight is 552 g/mol. The van der Waals surface area contributed by atoms with Crippen molar-refractivity contribution in [3.05, 3.63) is 59.1 Å². The molecule has 1 saturated carbocycles. The second-order valence-electron chi connectivity index (χ2n) is 9.94. The first-order valence-corrected chi connectivity index (χ1v) is 14.6. The van der Waals surface area contributed by atoms with Crippen LogP contribution in [0.15, 0.2) is 52.9 Å². The van der Waals surface area contributed by atoms with Gasteiger partial charge in [-0.25, -0.2) is 26.6 Å². The topological polar surface area (TPSA) is 70.6 Å². The number of rotatable bonds is 6. The molecule has 3 aromatic rings. The first kappa shape index (κ1) is 26.1. The summed E-state index contributed by atoms with van der Waals surface area (Å²) in [7, 11) is -4.14. The lowest BCUT2D eigenvalue weighted by Gasteiger charge is -2.39. The van der Waals surface area contributed by atoms with Gasteiger partial charge in [0.1, 0.15) is 12.2 Å². The van der Waals surface area contributed by atoms with Gasteiger partial charge in [-0.2, -0.15) is 4.31 Å². The molecule has 1 aromatic heterocycles. The lowest BCUT2D eigenvalue weighted by Crippen LogP contribution is -2.52. The maximum Gasteiger partial charge on any atom is 0.248 e. The summed E-state index contributed by atoms with van der Waals surface area (Å²) in [5.74, 6) is -3.34. The number of carbonyl (C=O) groups excluding carboxylic acids is 1. The molecule has 2 fully saturated rings. The summed E-state index contributed by atoms with van der Waals surface area (Å²) in [6, 6.07) is 10.0. The molecule has 11 heteroatoms. The molecule has 0 bridgehead atoms. The Morgan fingerprint density at radius 1 is 1.16 bits per heavy atom. The molecule has 0 N–H and O–H groups in total. The van der Waals surface area contributed by atoms with E-state index in [4.69, 9.17) is 0 Å². The van der Waals surface area contributed by atoms with Crippen LogP contribution in [0.3, 0.4) is 0 Å². The largest absolute Gasteiger partial charge is 0.334 e. The molecule has 1 aliphatic carbocycles. The molecule has 6 nitrogen and oxygen atoms in total. The van der Waals surface area contributed by atoms with E-state index in [0.717, 1.165) is 25.6 Å². The van der Waals surface area contributed by atoms with Crippen molar-refractivity contribution in [1.29, 1.82) is 0 Å². The van der Waals surface area contributed by atoms with Crippen LogP contribution in [-0.2, 0) is 21.4 Å². The van der Waals surface area contributed by atoms with Gasteiger partial charge in [0.2, 0.25) is 21.9 Å². The molecular formula is C26H28F3N3O3S2. The first-order chi connectivity index (χ1) is 17.5. The number of hydrogen-bond acceptors (Lipinski definition) is 5. The minimum Gasteiger partial charge on any atom is -0.334 e. The fourth-order valence-electron chi connectivity index (χ4n) is 5.21. The van der Waals surface area contributed by atoms with Gasteiger partial charge >= 0.3 is 0 Å². The van der Waals surface area contributed by atoms with Crippen molar-refractivity contribution in [2.24, 2.45) is 0 Å². The van der Waals surface area contributed by atoms with E-state index in [1.54, 1.807) is 17.6 Å². The molecule has 0 unspecified atom stereocenters. The third-order valence-electron chi connectivity index (χ3n) is 7.28. The van der Waals surface area contributed by atoms with Crippen LogP contribution < -0.4 is 0 Å². The molecule has 2 atom stereocenters. The van der Waals surface area contributed by atoms with Crippen molar-refractivity contribution < 1.29 is 26.4 Å². The van der Waals surface area contributed by atoms with E-state index in [1.165, 1.54) is 28.4 Å². The highest BCUT2D eigenvalue weighted by Crippen LogP contribution is 2.37. The zero-order chi connectivity index (χ0) is 26.4. The summed E-state index contributed by atoms with van der Waals surface area (Å²) in [4.78, 5) is 19.8. The molecular weight excluding hydrogens is 523 g/mol. The Labute approximate surface area is 218 Å². The molecule has 1 amide bonds. The van der Waals surface area contributed by atoms with E-state index in [9.17, 15) is 26.4 Å². The number of nitrogens with zero attached hydrogens (tertiary/aromatic N) is 3. The molecule has 0 radical (unpaired) electrons. The molecule has 1 saturated heterocycles. The Morgan fingerprint density at radius 3 is 2.57 bits per heavy atom. The number of fused-ring (bicyclic) bond motifs is 1. The number of carbonyl (C=O) groups is 1. The summed E-state index contributed by atoms with van der Waals surface area (Å²) in [5, 5.41) is 0. The molecule has 2 aliphatic rings. The molecule has 5 rings (SSSR count). The number of thiazole rings is 1. The Balaban J connectivity index is 1.46. The van der Waals surface area contributed by atoms with Gasteiger partial charge in [-0.15, -0.1) is 11.3 Å². The van der Waals surface area contributed by atoms with Gasteiger partial charge in [0.25, 0.3) is 0 Å². The van der Waals surface area contributed by atoms with Gasteiger partial charge in [0.05, 0.1) is 20.6 Å². The summed E-state index contributed by atoms with van der Waals surface area (Å²) in [5.41, 5.74) is 4.10. The molecule has 1 aliphatic heterocycles. The molecule has 0 spiro atoms. The molecule has 198 valence electrons. The predicted molar refractivity (Wildman–Crippen MR) is 136 cm³/mol. The Hall–Kier alpha value is -2.50. The maximum atomic E-state index is 14.7. The van der Waals surface area contributed by atoms with Crippen molar-refractivity contribution in [3.8, 4) is 0 Å². The number of amides is 1. The zero-order valence-corrected chi connectivity index (χ0v) is 22.0. The fraction of sp³-hybridized carbons (Fsp3) is 0.462. The number of hydrogen-bond donors (Lipinski definition) is 0. The van der Waals surface area contributed by atoms with Crippen molar-refractivity contribution in [2.75, 3.05) is 6.54 Å². The quantitative estimate of drug-likeness (QED) is 0.416. The number of benzene rings is 2. The van der Waals surface area contributed by atoms with E-state index >= 15 is 0 Å². The minimum atomic E-state index is -4.14. The number of aryl methyl sites for hydroxylation is 1. The van der Waals surface area contributed by atoms with E-state index in [0.29, 0.717) is 0 Å². The number of aromatic nitrogens is 1. The maximum absolute atomic E-state index is 14.7. The van der Waals surface area contributed by atoms with Crippen LogP contribution >= 0.6 is 11.3 Å². The van der Waals surface area contributed by atoms with Gasteiger partial charge in [-0.1, -0.05) is 23.8 Å². The van der Waals surface area contributed by atoms with Crippen LogP contribution in [0.1, 0.15) is 43.2 Å². The van der Waals surface area contributed by atoms with E-state index in [1.807, 2.05) is 25.1 Å². The molecule has 2 aromatic carbocycles. The zero-order valence-electron chi connectivity index (χ0n) is 20.3. The molecule has 2 heterocycles. The Bertz CT molecular complexity index is 1380.